The van der Waals surface area contributed by atoms with E-state index in [0.717, 1.165) is 30.0 Å². The summed E-state index contributed by atoms with van der Waals surface area (Å²) in [6.45, 7) is 3.66. The molecular formula is C26H28N2O4S. The molecule has 3 aromatic rings. The molecule has 172 valence electrons. The zero-order valence-electron chi connectivity index (χ0n) is 18.6. The zero-order valence-corrected chi connectivity index (χ0v) is 19.4. The van der Waals surface area contributed by atoms with Gasteiger partial charge in [0.2, 0.25) is 0 Å². The smallest absolute Gasteiger partial charge is 0.257 e. The molecule has 0 fully saturated rings. The van der Waals surface area contributed by atoms with Crippen molar-refractivity contribution < 1.29 is 19.0 Å². The first-order chi connectivity index (χ1) is 16.1. The van der Waals surface area contributed by atoms with Crippen molar-refractivity contribution in [1.29, 1.82) is 0 Å². The van der Waals surface area contributed by atoms with Gasteiger partial charge in [0.15, 0.2) is 5.11 Å². The number of ether oxygens (including phenoxy) is 3. The van der Waals surface area contributed by atoms with Crippen molar-refractivity contribution in [2.45, 2.75) is 19.8 Å². The number of hydrogen-bond acceptors (Lipinski definition) is 5. The topological polar surface area (TPSA) is 68.8 Å². The maximum Gasteiger partial charge on any atom is 0.257 e. The second-order valence-corrected chi connectivity index (χ2v) is 7.58. The Morgan fingerprint density at radius 3 is 1.91 bits per heavy atom. The van der Waals surface area contributed by atoms with Crippen LogP contribution in [0.1, 0.15) is 30.1 Å². The molecule has 6 nitrogen and oxygen atoms in total. The van der Waals surface area contributed by atoms with Crippen LogP contribution in [0.2, 0.25) is 0 Å². The van der Waals surface area contributed by atoms with Crippen LogP contribution >= 0.6 is 12.2 Å². The lowest BCUT2D eigenvalue weighted by molar-refractivity contribution is 0.0977. The van der Waals surface area contributed by atoms with Crippen LogP contribution in [0.25, 0.3) is 0 Å². The van der Waals surface area contributed by atoms with Gasteiger partial charge in [-0.05, 0) is 79.3 Å². The fourth-order valence-corrected chi connectivity index (χ4v) is 3.06. The van der Waals surface area contributed by atoms with E-state index in [1.165, 1.54) is 0 Å². The summed E-state index contributed by atoms with van der Waals surface area (Å²) in [7, 11) is 0. The minimum Gasteiger partial charge on any atom is -0.494 e. The molecule has 0 bridgehead atoms. The van der Waals surface area contributed by atoms with Crippen molar-refractivity contribution >= 4 is 28.9 Å². The molecule has 0 spiro atoms. The fraction of sp³-hybridized carbons (Fsp3) is 0.231. The van der Waals surface area contributed by atoms with E-state index in [4.69, 9.17) is 26.4 Å². The minimum absolute atomic E-state index is 0.216. The number of para-hydroxylation sites is 1. The lowest BCUT2D eigenvalue weighted by Gasteiger charge is -2.11. The molecule has 0 radical (unpaired) electrons. The number of unbranched alkanes of at least 4 members (excludes halogenated alkanes) is 1. The molecule has 0 aromatic heterocycles. The summed E-state index contributed by atoms with van der Waals surface area (Å²) in [6, 6.07) is 23.9. The van der Waals surface area contributed by atoms with Gasteiger partial charge in [-0.1, -0.05) is 31.5 Å². The molecule has 3 aromatic carbocycles. The third kappa shape index (κ3) is 8.46. The molecule has 0 heterocycles. The number of rotatable bonds is 11. The predicted octanol–water partition coefficient (Wildman–Crippen LogP) is 5.45. The summed E-state index contributed by atoms with van der Waals surface area (Å²) in [4.78, 5) is 12.4. The molecule has 0 aliphatic rings. The van der Waals surface area contributed by atoms with Crippen molar-refractivity contribution in [1.82, 2.24) is 5.32 Å². The van der Waals surface area contributed by atoms with E-state index < -0.39 is 0 Å². The highest BCUT2D eigenvalue weighted by Gasteiger charge is 2.08. The first-order valence-corrected chi connectivity index (χ1v) is 11.3. The molecule has 2 N–H and O–H groups in total. The van der Waals surface area contributed by atoms with Crippen molar-refractivity contribution in [3.8, 4) is 17.2 Å². The van der Waals surface area contributed by atoms with Gasteiger partial charge in [-0.25, -0.2) is 0 Å². The van der Waals surface area contributed by atoms with Gasteiger partial charge in [0.1, 0.15) is 30.5 Å². The lowest BCUT2D eigenvalue weighted by atomic mass is 10.2. The Morgan fingerprint density at radius 2 is 1.30 bits per heavy atom. The number of hydrogen-bond donors (Lipinski definition) is 2. The Kier molecular flexibility index (Phi) is 9.54. The molecule has 0 saturated heterocycles. The molecule has 0 saturated carbocycles. The van der Waals surface area contributed by atoms with E-state index in [-0.39, 0.29) is 11.0 Å². The highest BCUT2D eigenvalue weighted by atomic mass is 32.1. The highest BCUT2D eigenvalue weighted by molar-refractivity contribution is 7.80. The first kappa shape index (κ1) is 24.1. The number of benzene rings is 3. The molecule has 0 aliphatic carbocycles. The van der Waals surface area contributed by atoms with Gasteiger partial charge in [0, 0.05) is 11.3 Å². The molecule has 7 heteroatoms. The van der Waals surface area contributed by atoms with Crippen LogP contribution in [0.5, 0.6) is 17.2 Å². The van der Waals surface area contributed by atoms with Crippen LogP contribution in [-0.2, 0) is 0 Å². The summed E-state index contributed by atoms with van der Waals surface area (Å²) in [6.07, 6.45) is 2.07. The summed E-state index contributed by atoms with van der Waals surface area (Å²) < 4.78 is 16.9. The van der Waals surface area contributed by atoms with Crippen molar-refractivity contribution in [3.05, 3.63) is 84.4 Å². The largest absolute Gasteiger partial charge is 0.494 e. The molecule has 0 aliphatic heterocycles. The molecular weight excluding hydrogens is 436 g/mol. The van der Waals surface area contributed by atoms with E-state index in [9.17, 15) is 4.79 Å². The average molecular weight is 465 g/mol. The number of anilines is 1. The Hall–Kier alpha value is -3.58. The lowest BCUT2D eigenvalue weighted by Crippen LogP contribution is -2.34. The van der Waals surface area contributed by atoms with E-state index >= 15 is 0 Å². The van der Waals surface area contributed by atoms with E-state index in [2.05, 4.69) is 17.6 Å². The van der Waals surface area contributed by atoms with Crippen LogP contribution in [0.15, 0.2) is 78.9 Å². The van der Waals surface area contributed by atoms with Gasteiger partial charge >= 0.3 is 0 Å². The van der Waals surface area contributed by atoms with Crippen LogP contribution < -0.4 is 24.8 Å². The quantitative estimate of drug-likeness (QED) is 0.291. The Morgan fingerprint density at radius 1 is 0.758 bits per heavy atom. The third-order valence-electron chi connectivity index (χ3n) is 4.59. The SMILES string of the molecule is CCCCOc1ccc(C(=O)NC(=S)Nc2ccc(OCCOc3ccccc3)cc2)cc1. The summed E-state index contributed by atoms with van der Waals surface area (Å²) >= 11 is 5.26. The van der Waals surface area contributed by atoms with Crippen molar-refractivity contribution in [2.75, 3.05) is 25.1 Å². The Bertz CT molecular complexity index is 1010. The fourth-order valence-electron chi connectivity index (χ4n) is 2.84. The highest BCUT2D eigenvalue weighted by Crippen LogP contribution is 2.16. The van der Waals surface area contributed by atoms with E-state index in [1.54, 1.807) is 24.3 Å². The van der Waals surface area contributed by atoms with Gasteiger partial charge < -0.3 is 19.5 Å². The van der Waals surface area contributed by atoms with Gasteiger partial charge in [-0.3, -0.25) is 10.1 Å². The molecule has 0 atom stereocenters. The third-order valence-corrected chi connectivity index (χ3v) is 4.79. The van der Waals surface area contributed by atoms with Gasteiger partial charge in [0.05, 0.1) is 6.61 Å². The summed E-state index contributed by atoms with van der Waals surface area (Å²) in [5.74, 6) is 1.99. The molecule has 1 amide bonds. The summed E-state index contributed by atoms with van der Waals surface area (Å²) in [5, 5.41) is 5.90. The number of nitrogens with one attached hydrogen (secondary N) is 2. The number of carbonyl (C=O) groups is 1. The van der Waals surface area contributed by atoms with Crippen molar-refractivity contribution in [3.63, 3.8) is 0 Å². The first-order valence-electron chi connectivity index (χ1n) is 10.9. The van der Waals surface area contributed by atoms with Crippen molar-refractivity contribution in [2.24, 2.45) is 0 Å². The van der Waals surface area contributed by atoms with E-state index in [1.807, 2.05) is 54.6 Å². The van der Waals surface area contributed by atoms with Gasteiger partial charge in [-0.15, -0.1) is 0 Å². The van der Waals surface area contributed by atoms with Gasteiger partial charge in [0.25, 0.3) is 5.91 Å². The van der Waals surface area contributed by atoms with E-state index in [0.29, 0.717) is 31.1 Å². The average Bonchev–Trinajstić information content (AvgIpc) is 2.84. The minimum atomic E-state index is -0.286. The van der Waals surface area contributed by atoms with Crippen LogP contribution in [-0.4, -0.2) is 30.8 Å². The molecule has 3 rings (SSSR count). The zero-order chi connectivity index (χ0) is 23.3. The Labute approximate surface area is 199 Å². The molecule has 0 unspecified atom stereocenters. The van der Waals surface area contributed by atoms with Crippen LogP contribution in [0.4, 0.5) is 5.69 Å². The number of thiocarbonyl (C=S) groups is 1. The second kappa shape index (κ2) is 13.1. The Balaban J connectivity index is 1.39. The standard InChI is InChI=1S/C26H28N2O4S/c1-2-3-17-30-23-13-9-20(10-14-23)25(29)28-26(33)27-21-11-15-24(16-12-21)32-19-18-31-22-7-5-4-6-8-22/h4-16H,2-3,17-19H2,1H3,(H2,27,28,29,33). The predicted molar refractivity (Wildman–Crippen MR) is 134 cm³/mol. The maximum absolute atomic E-state index is 12.4. The molecule has 33 heavy (non-hydrogen) atoms. The number of carbonyl (C=O) groups excluding carboxylic acids is 1. The van der Waals surface area contributed by atoms with Crippen LogP contribution in [0, 0.1) is 0 Å². The van der Waals surface area contributed by atoms with Gasteiger partial charge in [-0.2, -0.15) is 0 Å². The maximum atomic E-state index is 12.4. The monoisotopic (exact) mass is 464 g/mol. The summed E-state index contributed by atoms with van der Waals surface area (Å²) in [5.41, 5.74) is 1.25. The second-order valence-electron chi connectivity index (χ2n) is 7.17. The normalized spacial score (nSPS) is 10.2. The number of amides is 1. The van der Waals surface area contributed by atoms with Crippen LogP contribution in [0.3, 0.4) is 0 Å².